The molecule has 148 valence electrons. The Labute approximate surface area is 174 Å². The first-order valence-corrected chi connectivity index (χ1v) is 10.2. The van der Waals surface area contributed by atoms with Crippen LogP contribution in [0, 0.1) is 5.92 Å². The normalized spacial score (nSPS) is 16.7. The number of aromatic nitrogens is 2. The van der Waals surface area contributed by atoms with Crippen LogP contribution in [0.2, 0.25) is 0 Å². The lowest BCUT2D eigenvalue weighted by Crippen LogP contribution is -2.42. The van der Waals surface area contributed by atoms with Gasteiger partial charge in [0.05, 0.1) is 11.0 Å². The number of hydrogen-bond donors (Lipinski definition) is 0. The van der Waals surface area contributed by atoms with Crippen molar-refractivity contribution in [2.45, 2.75) is 12.8 Å². The molecular weight excluding hydrogens is 374 g/mol. The maximum atomic E-state index is 13.3. The van der Waals surface area contributed by atoms with Gasteiger partial charge in [-0.2, -0.15) is 0 Å². The molecular formula is C25H21N3O2. The third-order valence-electron chi connectivity index (χ3n) is 5.85. The van der Waals surface area contributed by atoms with Gasteiger partial charge in [0, 0.05) is 42.5 Å². The molecule has 5 heteroatoms. The summed E-state index contributed by atoms with van der Waals surface area (Å²) in [6.45, 7) is 1.11. The Hall–Kier alpha value is -3.60. The number of carbonyl (C=O) groups excluding carboxylic acids is 2. The lowest BCUT2D eigenvalue weighted by Gasteiger charge is -2.32. The topological polar surface area (TPSA) is 63.2 Å². The molecule has 0 saturated carbocycles. The summed E-state index contributed by atoms with van der Waals surface area (Å²) in [4.78, 5) is 36.8. The maximum absolute atomic E-state index is 13.3. The van der Waals surface area contributed by atoms with Gasteiger partial charge in [0.2, 0.25) is 0 Å². The Morgan fingerprint density at radius 2 is 1.70 bits per heavy atom. The van der Waals surface area contributed by atoms with Crippen LogP contribution in [0.4, 0.5) is 0 Å². The van der Waals surface area contributed by atoms with Gasteiger partial charge in [-0.15, -0.1) is 0 Å². The van der Waals surface area contributed by atoms with Crippen LogP contribution in [0.3, 0.4) is 0 Å². The van der Waals surface area contributed by atoms with E-state index in [2.05, 4.69) is 9.97 Å². The Bertz CT molecular complexity index is 1260. The van der Waals surface area contributed by atoms with Crippen LogP contribution < -0.4 is 0 Å². The highest BCUT2D eigenvalue weighted by Crippen LogP contribution is 2.27. The largest absolute Gasteiger partial charge is 0.338 e. The molecule has 0 N–H and O–H groups in total. The summed E-state index contributed by atoms with van der Waals surface area (Å²) in [7, 11) is 0. The molecule has 1 amide bonds. The zero-order valence-corrected chi connectivity index (χ0v) is 16.5. The molecule has 2 heterocycles. The molecule has 0 bridgehead atoms. The van der Waals surface area contributed by atoms with Crippen molar-refractivity contribution in [3.05, 3.63) is 84.2 Å². The van der Waals surface area contributed by atoms with Gasteiger partial charge in [-0.1, -0.05) is 42.5 Å². The number of piperidine rings is 1. The predicted molar refractivity (Wildman–Crippen MR) is 116 cm³/mol. The van der Waals surface area contributed by atoms with Crippen molar-refractivity contribution < 1.29 is 9.59 Å². The summed E-state index contributed by atoms with van der Waals surface area (Å²) in [5, 5.41) is 2.03. The monoisotopic (exact) mass is 395 g/mol. The molecule has 1 unspecified atom stereocenters. The van der Waals surface area contributed by atoms with E-state index >= 15 is 0 Å². The average molecular weight is 395 g/mol. The summed E-state index contributed by atoms with van der Waals surface area (Å²) in [6, 6.07) is 19.2. The summed E-state index contributed by atoms with van der Waals surface area (Å²) >= 11 is 0. The second-order valence-corrected chi connectivity index (χ2v) is 7.74. The van der Waals surface area contributed by atoms with Crippen molar-refractivity contribution >= 4 is 33.5 Å². The Morgan fingerprint density at radius 1 is 0.900 bits per heavy atom. The minimum atomic E-state index is -0.186. The third kappa shape index (κ3) is 3.32. The first-order valence-electron chi connectivity index (χ1n) is 10.2. The van der Waals surface area contributed by atoms with Gasteiger partial charge in [0.1, 0.15) is 0 Å². The van der Waals surface area contributed by atoms with Crippen LogP contribution in [0.5, 0.6) is 0 Å². The van der Waals surface area contributed by atoms with Gasteiger partial charge < -0.3 is 4.90 Å². The number of ketones is 1. The Balaban J connectivity index is 1.39. The van der Waals surface area contributed by atoms with Crippen molar-refractivity contribution in [3.63, 3.8) is 0 Å². The van der Waals surface area contributed by atoms with Crippen LogP contribution in [0.25, 0.3) is 21.8 Å². The van der Waals surface area contributed by atoms with E-state index in [4.69, 9.17) is 0 Å². The molecule has 3 aromatic carbocycles. The fourth-order valence-electron chi connectivity index (χ4n) is 4.31. The minimum absolute atomic E-state index is 0.0574. The van der Waals surface area contributed by atoms with Crippen LogP contribution >= 0.6 is 0 Å². The Morgan fingerprint density at radius 3 is 2.60 bits per heavy atom. The Kier molecular flexibility index (Phi) is 4.71. The van der Waals surface area contributed by atoms with E-state index in [9.17, 15) is 9.59 Å². The second-order valence-electron chi connectivity index (χ2n) is 7.74. The van der Waals surface area contributed by atoms with E-state index in [0.717, 1.165) is 34.7 Å². The third-order valence-corrected chi connectivity index (χ3v) is 5.85. The summed E-state index contributed by atoms with van der Waals surface area (Å²) in [5.41, 5.74) is 2.79. The fourth-order valence-corrected chi connectivity index (χ4v) is 4.31. The smallest absolute Gasteiger partial charge is 0.253 e. The van der Waals surface area contributed by atoms with Crippen LogP contribution in [-0.4, -0.2) is 39.6 Å². The average Bonchev–Trinajstić information content (AvgIpc) is 2.82. The van der Waals surface area contributed by atoms with Crippen molar-refractivity contribution in [1.82, 2.24) is 14.9 Å². The molecule has 1 aliphatic heterocycles. The molecule has 0 spiro atoms. The number of hydrogen-bond acceptors (Lipinski definition) is 4. The van der Waals surface area contributed by atoms with Gasteiger partial charge in [0.25, 0.3) is 5.91 Å². The van der Waals surface area contributed by atoms with E-state index in [-0.39, 0.29) is 17.6 Å². The second kappa shape index (κ2) is 7.67. The van der Waals surface area contributed by atoms with E-state index in [1.165, 1.54) is 0 Å². The molecule has 5 rings (SSSR count). The molecule has 0 radical (unpaired) electrons. The molecule has 1 fully saturated rings. The van der Waals surface area contributed by atoms with E-state index in [0.29, 0.717) is 24.2 Å². The summed E-state index contributed by atoms with van der Waals surface area (Å²) in [5.74, 6) is -0.125. The highest BCUT2D eigenvalue weighted by molar-refractivity contribution is 6.09. The predicted octanol–water partition coefficient (Wildman–Crippen LogP) is 4.52. The number of carbonyl (C=O) groups is 2. The molecule has 1 saturated heterocycles. The molecule has 0 aliphatic carbocycles. The fraction of sp³-hybridized carbons (Fsp3) is 0.200. The highest BCUT2D eigenvalue weighted by atomic mass is 16.2. The van der Waals surface area contributed by atoms with Gasteiger partial charge in [0.15, 0.2) is 5.78 Å². The maximum Gasteiger partial charge on any atom is 0.253 e. The molecule has 4 aromatic rings. The van der Waals surface area contributed by atoms with Gasteiger partial charge in [-0.05, 0) is 41.8 Å². The van der Waals surface area contributed by atoms with E-state index in [1.807, 2.05) is 48.5 Å². The van der Waals surface area contributed by atoms with Crippen molar-refractivity contribution in [3.8, 4) is 0 Å². The van der Waals surface area contributed by atoms with Gasteiger partial charge in [-0.3, -0.25) is 19.6 Å². The summed E-state index contributed by atoms with van der Waals surface area (Å²) < 4.78 is 0. The number of nitrogens with zero attached hydrogens (tertiary/aromatic N) is 3. The minimum Gasteiger partial charge on any atom is -0.338 e. The van der Waals surface area contributed by atoms with Crippen LogP contribution in [0.1, 0.15) is 33.6 Å². The standard InChI is InChI=1S/C25H21N3O2/c29-24(21-9-3-6-17-5-1-2-8-20(17)21)19-7-4-14-28(16-19)25(30)18-10-11-22-23(15-18)27-13-12-26-22/h1-3,5-6,8-13,15,19H,4,7,14,16H2. The van der Waals surface area contributed by atoms with Crippen molar-refractivity contribution in [2.75, 3.05) is 13.1 Å². The molecule has 30 heavy (non-hydrogen) atoms. The molecule has 1 aromatic heterocycles. The first kappa shape index (κ1) is 18.4. The van der Waals surface area contributed by atoms with Crippen LogP contribution in [0.15, 0.2) is 73.1 Å². The number of rotatable bonds is 3. The number of benzene rings is 3. The van der Waals surface area contributed by atoms with Crippen molar-refractivity contribution in [2.24, 2.45) is 5.92 Å². The van der Waals surface area contributed by atoms with Gasteiger partial charge >= 0.3 is 0 Å². The number of amides is 1. The lowest BCUT2D eigenvalue weighted by atomic mass is 9.87. The zero-order valence-electron chi connectivity index (χ0n) is 16.5. The zero-order chi connectivity index (χ0) is 20.5. The molecule has 5 nitrogen and oxygen atoms in total. The number of Topliss-reactive ketones (excluding diaryl/α,β-unsaturated/α-hetero) is 1. The molecule has 1 aliphatic rings. The lowest BCUT2D eigenvalue weighted by molar-refractivity contribution is 0.0637. The van der Waals surface area contributed by atoms with Crippen LogP contribution in [-0.2, 0) is 0 Å². The number of fused-ring (bicyclic) bond motifs is 2. The first-order chi connectivity index (χ1) is 14.7. The quantitative estimate of drug-likeness (QED) is 0.479. The highest BCUT2D eigenvalue weighted by Gasteiger charge is 2.30. The van der Waals surface area contributed by atoms with E-state index < -0.39 is 0 Å². The molecule has 1 atom stereocenters. The van der Waals surface area contributed by atoms with Gasteiger partial charge in [-0.25, -0.2) is 0 Å². The number of likely N-dealkylation sites (tertiary alicyclic amines) is 1. The van der Waals surface area contributed by atoms with Crippen molar-refractivity contribution in [1.29, 1.82) is 0 Å². The van der Waals surface area contributed by atoms with E-state index in [1.54, 1.807) is 29.4 Å². The summed E-state index contributed by atoms with van der Waals surface area (Å²) in [6.07, 6.45) is 4.88. The SMILES string of the molecule is O=C(c1cccc2ccccc12)C1CCCN(C(=O)c2ccc3nccnc3c2)C1.